The molecule has 0 amide bonds. The second-order valence-corrected chi connectivity index (χ2v) is 12.4. The second kappa shape index (κ2) is 9.54. The van der Waals surface area contributed by atoms with Gasteiger partial charge in [0.15, 0.2) is 0 Å². The van der Waals surface area contributed by atoms with Crippen LogP contribution in [0.5, 0.6) is 11.5 Å². The maximum atomic E-state index is 6.35. The van der Waals surface area contributed by atoms with E-state index < -0.39 is 5.41 Å². The first-order chi connectivity index (χ1) is 22.8. The molecule has 0 spiro atoms. The standard InChI is InChI=1S/C45H28O/c1-2-15-33(16-3-1)45(40-21-8-6-19-36(40)38-25-24-29-12-4-5-18-35(29)44(38)45)34-17-10-13-30(27-34)32-26-31-14-11-23-42-43(31)39(28-32)37-20-7-9-22-41(37)46-42/h1-28H. The van der Waals surface area contributed by atoms with Crippen LogP contribution in [0.25, 0.3) is 54.9 Å². The van der Waals surface area contributed by atoms with Crippen molar-refractivity contribution in [3.05, 3.63) is 192 Å². The summed E-state index contributed by atoms with van der Waals surface area (Å²) < 4.78 is 6.35. The fourth-order valence-corrected chi connectivity index (χ4v) is 8.22. The quantitative estimate of drug-likeness (QED) is 0.201. The van der Waals surface area contributed by atoms with Crippen LogP contribution in [-0.4, -0.2) is 0 Å². The molecular weight excluding hydrogens is 556 g/mol. The Labute approximate surface area is 268 Å². The summed E-state index contributed by atoms with van der Waals surface area (Å²) in [6.07, 6.45) is 0. The van der Waals surface area contributed by atoms with Gasteiger partial charge in [-0.2, -0.15) is 0 Å². The predicted octanol–water partition coefficient (Wildman–Crippen LogP) is 11.8. The summed E-state index contributed by atoms with van der Waals surface area (Å²) in [6.45, 7) is 0. The fourth-order valence-electron chi connectivity index (χ4n) is 8.22. The Morgan fingerprint density at radius 2 is 1.11 bits per heavy atom. The molecule has 1 nitrogen and oxygen atoms in total. The van der Waals surface area contributed by atoms with Gasteiger partial charge >= 0.3 is 0 Å². The lowest BCUT2D eigenvalue weighted by atomic mass is 9.66. The van der Waals surface area contributed by atoms with E-state index >= 15 is 0 Å². The predicted molar refractivity (Wildman–Crippen MR) is 190 cm³/mol. The van der Waals surface area contributed by atoms with Gasteiger partial charge in [0.2, 0.25) is 0 Å². The minimum atomic E-state index is -0.483. The molecule has 0 bridgehead atoms. The first-order valence-electron chi connectivity index (χ1n) is 15.9. The maximum absolute atomic E-state index is 6.35. The molecule has 1 unspecified atom stereocenters. The lowest BCUT2D eigenvalue weighted by Crippen LogP contribution is -2.28. The normalized spacial score (nSPS) is 15.7. The van der Waals surface area contributed by atoms with Crippen LogP contribution in [0.4, 0.5) is 0 Å². The summed E-state index contributed by atoms with van der Waals surface area (Å²) in [5, 5.41) is 4.91. The van der Waals surface area contributed by atoms with E-state index in [4.69, 9.17) is 4.74 Å². The Kier molecular flexibility index (Phi) is 5.27. The molecular formula is C45H28O. The molecule has 1 aliphatic heterocycles. The van der Waals surface area contributed by atoms with E-state index in [9.17, 15) is 0 Å². The topological polar surface area (TPSA) is 9.23 Å². The Balaban J connectivity index is 1.28. The number of ether oxygens (including phenoxy) is 1. The molecule has 214 valence electrons. The average Bonchev–Trinajstić information content (AvgIpc) is 3.44. The van der Waals surface area contributed by atoms with Crippen LogP contribution in [0.1, 0.15) is 22.3 Å². The Morgan fingerprint density at radius 1 is 0.391 bits per heavy atom. The monoisotopic (exact) mass is 584 g/mol. The van der Waals surface area contributed by atoms with E-state index in [0.29, 0.717) is 0 Å². The van der Waals surface area contributed by atoms with Gasteiger partial charge < -0.3 is 4.74 Å². The zero-order valence-electron chi connectivity index (χ0n) is 25.1. The highest BCUT2D eigenvalue weighted by Gasteiger charge is 2.47. The molecule has 0 N–H and O–H groups in total. The van der Waals surface area contributed by atoms with Crippen LogP contribution in [-0.2, 0) is 5.41 Å². The molecule has 8 aromatic carbocycles. The minimum Gasteiger partial charge on any atom is -0.456 e. The summed E-state index contributed by atoms with van der Waals surface area (Å²) in [5.74, 6) is 1.82. The van der Waals surface area contributed by atoms with Gasteiger partial charge in [0.05, 0.1) is 5.41 Å². The molecule has 0 aromatic heterocycles. The van der Waals surface area contributed by atoms with Crippen molar-refractivity contribution in [3.8, 4) is 44.9 Å². The summed E-state index contributed by atoms with van der Waals surface area (Å²) >= 11 is 0. The summed E-state index contributed by atoms with van der Waals surface area (Å²) in [6, 6.07) is 62.2. The number of benzene rings is 8. The van der Waals surface area contributed by atoms with Crippen LogP contribution >= 0.6 is 0 Å². The molecule has 10 rings (SSSR count). The van der Waals surface area contributed by atoms with Gasteiger partial charge in [0, 0.05) is 10.9 Å². The van der Waals surface area contributed by atoms with Gasteiger partial charge in [-0.15, -0.1) is 0 Å². The van der Waals surface area contributed by atoms with Crippen molar-refractivity contribution in [3.63, 3.8) is 0 Å². The van der Waals surface area contributed by atoms with Crippen molar-refractivity contribution in [2.24, 2.45) is 0 Å². The van der Waals surface area contributed by atoms with Crippen molar-refractivity contribution in [1.82, 2.24) is 0 Å². The van der Waals surface area contributed by atoms with E-state index in [1.807, 2.05) is 6.07 Å². The van der Waals surface area contributed by atoms with Gasteiger partial charge in [-0.1, -0.05) is 140 Å². The van der Waals surface area contributed by atoms with E-state index in [2.05, 4.69) is 164 Å². The van der Waals surface area contributed by atoms with Crippen LogP contribution in [0.15, 0.2) is 170 Å². The van der Waals surface area contributed by atoms with Crippen LogP contribution in [0.3, 0.4) is 0 Å². The average molecular weight is 585 g/mol. The van der Waals surface area contributed by atoms with E-state index in [-0.39, 0.29) is 0 Å². The van der Waals surface area contributed by atoms with Crippen LogP contribution in [0.2, 0.25) is 0 Å². The molecule has 0 saturated carbocycles. The maximum Gasteiger partial charge on any atom is 0.135 e. The number of hydrogen-bond donors (Lipinski definition) is 0. The third-order valence-corrected chi connectivity index (χ3v) is 10.1. The number of fused-ring (bicyclic) bond motifs is 7. The minimum absolute atomic E-state index is 0.483. The Hall–Kier alpha value is -5.92. The van der Waals surface area contributed by atoms with Gasteiger partial charge in [0.1, 0.15) is 11.5 Å². The van der Waals surface area contributed by atoms with Gasteiger partial charge in [-0.25, -0.2) is 0 Å². The zero-order valence-corrected chi connectivity index (χ0v) is 25.1. The van der Waals surface area contributed by atoms with Crippen molar-refractivity contribution in [2.75, 3.05) is 0 Å². The first kappa shape index (κ1) is 25.4. The van der Waals surface area contributed by atoms with Crippen molar-refractivity contribution < 1.29 is 4.74 Å². The van der Waals surface area contributed by atoms with E-state index in [1.54, 1.807) is 0 Å². The van der Waals surface area contributed by atoms with Crippen molar-refractivity contribution in [1.29, 1.82) is 0 Å². The third-order valence-electron chi connectivity index (χ3n) is 10.1. The smallest absolute Gasteiger partial charge is 0.135 e. The lowest BCUT2D eigenvalue weighted by molar-refractivity contribution is 0.487. The summed E-state index contributed by atoms with van der Waals surface area (Å²) in [5.41, 5.74) is 12.1. The SMILES string of the molecule is c1ccc(C2(c3cccc(-c4cc5c6c(cccc6c4)Oc4ccccc4-5)c3)c3ccccc3-c3ccc4ccccc4c32)cc1. The Bertz CT molecular complexity index is 2510. The highest BCUT2D eigenvalue weighted by Crippen LogP contribution is 2.58. The molecule has 8 aromatic rings. The van der Waals surface area contributed by atoms with Crippen molar-refractivity contribution in [2.45, 2.75) is 5.41 Å². The molecule has 0 saturated heterocycles. The molecule has 0 radical (unpaired) electrons. The highest BCUT2D eigenvalue weighted by molar-refractivity contribution is 6.06. The van der Waals surface area contributed by atoms with Crippen molar-refractivity contribution >= 4 is 21.5 Å². The molecule has 1 heteroatoms. The Morgan fingerprint density at radius 3 is 2.04 bits per heavy atom. The number of rotatable bonds is 3. The molecule has 2 aliphatic rings. The van der Waals surface area contributed by atoms with E-state index in [0.717, 1.165) is 17.1 Å². The first-order valence-corrected chi connectivity index (χ1v) is 15.9. The summed E-state index contributed by atoms with van der Waals surface area (Å²) in [4.78, 5) is 0. The van der Waals surface area contributed by atoms with Gasteiger partial charge in [-0.05, 0) is 96.6 Å². The summed E-state index contributed by atoms with van der Waals surface area (Å²) in [7, 11) is 0. The second-order valence-electron chi connectivity index (χ2n) is 12.4. The highest BCUT2D eigenvalue weighted by atomic mass is 16.5. The zero-order chi connectivity index (χ0) is 30.2. The molecule has 46 heavy (non-hydrogen) atoms. The van der Waals surface area contributed by atoms with Gasteiger partial charge in [0.25, 0.3) is 0 Å². The fraction of sp³-hybridized carbons (Fsp3) is 0.0222. The van der Waals surface area contributed by atoms with E-state index in [1.165, 1.54) is 71.6 Å². The van der Waals surface area contributed by atoms with Gasteiger partial charge in [-0.3, -0.25) is 0 Å². The van der Waals surface area contributed by atoms with Crippen LogP contribution in [0, 0.1) is 0 Å². The molecule has 1 heterocycles. The largest absolute Gasteiger partial charge is 0.456 e. The molecule has 0 fully saturated rings. The lowest BCUT2D eigenvalue weighted by Gasteiger charge is -2.35. The third kappa shape index (κ3) is 3.40. The molecule has 1 atom stereocenters. The number of hydrogen-bond acceptors (Lipinski definition) is 1. The van der Waals surface area contributed by atoms with Crippen LogP contribution < -0.4 is 4.74 Å². The number of para-hydroxylation sites is 1. The molecule has 1 aliphatic carbocycles.